The summed E-state index contributed by atoms with van der Waals surface area (Å²) < 4.78 is 25.7. The molecule has 19 heavy (non-hydrogen) atoms. The van der Waals surface area contributed by atoms with E-state index in [2.05, 4.69) is 20.8 Å². The largest absolute Gasteiger partial charge is 0.316 e. The van der Waals surface area contributed by atoms with Crippen molar-refractivity contribution in [2.75, 3.05) is 12.8 Å². The third kappa shape index (κ3) is 2.96. The highest BCUT2D eigenvalue weighted by molar-refractivity contribution is 7.91. The molecular weight excluding hydrogens is 266 g/mol. The Morgan fingerprint density at radius 1 is 1.32 bits per heavy atom. The lowest BCUT2D eigenvalue weighted by Gasteiger charge is -2.10. The summed E-state index contributed by atoms with van der Waals surface area (Å²) in [4.78, 5) is 0. The average molecular weight is 281 g/mol. The fourth-order valence-electron chi connectivity index (χ4n) is 1.59. The van der Waals surface area contributed by atoms with Gasteiger partial charge < -0.3 is 5.32 Å². The fourth-order valence-corrected chi connectivity index (χ4v) is 3.13. The van der Waals surface area contributed by atoms with E-state index in [1.807, 2.05) is 6.07 Å². The van der Waals surface area contributed by atoms with E-state index >= 15 is 0 Å². The van der Waals surface area contributed by atoms with Crippen molar-refractivity contribution in [1.82, 2.24) is 25.5 Å². The van der Waals surface area contributed by atoms with Crippen LogP contribution < -0.4 is 5.32 Å². The first-order valence-electron chi connectivity index (χ1n) is 5.78. The smallest absolute Gasteiger partial charge is 0.272 e. The Hall–Kier alpha value is -1.80. The molecule has 102 valence electrons. The van der Waals surface area contributed by atoms with E-state index in [0.717, 1.165) is 0 Å². The Kier molecular flexibility index (Phi) is 3.91. The van der Waals surface area contributed by atoms with Gasteiger partial charge in [-0.1, -0.05) is 23.3 Å². The summed E-state index contributed by atoms with van der Waals surface area (Å²) in [5.41, 5.74) is 0.614. The van der Waals surface area contributed by atoms with Gasteiger partial charge in [-0.2, -0.15) is 4.68 Å². The number of nitrogens with one attached hydrogen (secondary N) is 1. The van der Waals surface area contributed by atoms with Crippen molar-refractivity contribution in [1.29, 1.82) is 0 Å². The maximum absolute atomic E-state index is 12.3. The first kappa shape index (κ1) is 13.6. The van der Waals surface area contributed by atoms with Gasteiger partial charge in [-0.15, -0.1) is 0 Å². The number of para-hydroxylation sites is 1. The van der Waals surface area contributed by atoms with Crippen molar-refractivity contribution in [2.45, 2.75) is 18.1 Å². The standard InChI is InChI=1S/C11H15N5O2S/c1-9(12-2)8-19(17,18)11-13-14-15-16(11)10-6-4-3-5-7-10/h3-7,9,12H,8H2,1-2H3/t9-/m0/s1. The van der Waals surface area contributed by atoms with Crippen molar-refractivity contribution in [2.24, 2.45) is 0 Å². The first-order valence-corrected chi connectivity index (χ1v) is 7.43. The predicted octanol–water partition coefficient (Wildman–Crippen LogP) is 0.0439. The highest BCUT2D eigenvalue weighted by atomic mass is 32.2. The zero-order valence-electron chi connectivity index (χ0n) is 10.7. The third-order valence-corrected chi connectivity index (χ3v) is 4.43. The second-order valence-corrected chi connectivity index (χ2v) is 6.11. The molecule has 1 aromatic heterocycles. The van der Waals surface area contributed by atoms with Gasteiger partial charge in [0, 0.05) is 6.04 Å². The monoisotopic (exact) mass is 281 g/mol. The van der Waals surface area contributed by atoms with E-state index in [9.17, 15) is 8.42 Å². The van der Waals surface area contributed by atoms with Crippen molar-refractivity contribution < 1.29 is 8.42 Å². The number of hydrogen-bond acceptors (Lipinski definition) is 6. The van der Waals surface area contributed by atoms with Gasteiger partial charge in [0.05, 0.1) is 11.4 Å². The lowest BCUT2D eigenvalue weighted by molar-refractivity contribution is 0.564. The molecule has 1 aromatic carbocycles. The van der Waals surface area contributed by atoms with Crippen LogP contribution in [0.1, 0.15) is 6.92 Å². The van der Waals surface area contributed by atoms with Crippen LogP contribution >= 0.6 is 0 Å². The molecule has 0 aliphatic rings. The molecule has 2 rings (SSSR count). The highest BCUT2D eigenvalue weighted by Gasteiger charge is 2.25. The van der Waals surface area contributed by atoms with Crippen LogP contribution in [0.2, 0.25) is 0 Å². The lowest BCUT2D eigenvalue weighted by atomic mass is 10.3. The van der Waals surface area contributed by atoms with Crippen LogP contribution in [0.25, 0.3) is 5.69 Å². The zero-order chi connectivity index (χ0) is 13.9. The molecule has 0 aliphatic carbocycles. The molecule has 8 heteroatoms. The van der Waals surface area contributed by atoms with E-state index in [4.69, 9.17) is 0 Å². The van der Waals surface area contributed by atoms with Gasteiger partial charge in [0.2, 0.25) is 9.84 Å². The molecule has 1 N–H and O–H groups in total. The molecule has 0 spiro atoms. The van der Waals surface area contributed by atoms with Crippen LogP contribution in [-0.2, 0) is 9.84 Å². The highest BCUT2D eigenvalue weighted by Crippen LogP contribution is 2.13. The molecule has 0 radical (unpaired) electrons. The molecule has 0 amide bonds. The molecule has 1 atom stereocenters. The Morgan fingerprint density at radius 3 is 2.63 bits per heavy atom. The summed E-state index contributed by atoms with van der Waals surface area (Å²) in [6.07, 6.45) is 0. The van der Waals surface area contributed by atoms with Gasteiger partial charge in [0.25, 0.3) is 5.16 Å². The van der Waals surface area contributed by atoms with Crippen LogP contribution in [0.5, 0.6) is 0 Å². The quantitative estimate of drug-likeness (QED) is 0.832. The summed E-state index contributed by atoms with van der Waals surface area (Å²) in [5, 5.41) is 13.6. The summed E-state index contributed by atoms with van der Waals surface area (Å²) >= 11 is 0. The maximum Gasteiger partial charge on any atom is 0.272 e. The van der Waals surface area contributed by atoms with Crippen molar-refractivity contribution >= 4 is 9.84 Å². The van der Waals surface area contributed by atoms with Gasteiger partial charge in [-0.25, -0.2) is 8.42 Å². The van der Waals surface area contributed by atoms with Gasteiger partial charge in [0.1, 0.15) is 0 Å². The molecule has 1 heterocycles. The van der Waals surface area contributed by atoms with Crippen molar-refractivity contribution in [3.63, 3.8) is 0 Å². The third-order valence-electron chi connectivity index (χ3n) is 2.68. The molecule has 0 fully saturated rings. The number of tetrazole rings is 1. The van der Waals surface area contributed by atoms with Gasteiger partial charge >= 0.3 is 0 Å². The lowest BCUT2D eigenvalue weighted by Crippen LogP contribution is -2.31. The molecule has 0 saturated heterocycles. The second-order valence-electron chi connectivity index (χ2n) is 4.18. The Bertz CT molecular complexity index is 638. The first-order chi connectivity index (χ1) is 9.04. The molecule has 7 nitrogen and oxygen atoms in total. The topological polar surface area (TPSA) is 89.8 Å². The van der Waals surface area contributed by atoms with E-state index in [1.165, 1.54) is 4.68 Å². The fraction of sp³-hybridized carbons (Fsp3) is 0.364. The van der Waals surface area contributed by atoms with E-state index in [0.29, 0.717) is 5.69 Å². The van der Waals surface area contributed by atoms with Crippen LogP contribution in [0, 0.1) is 0 Å². The summed E-state index contributed by atoms with van der Waals surface area (Å²) in [6.45, 7) is 1.79. The van der Waals surface area contributed by atoms with E-state index in [-0.39, 0.29) is 17.0 Å². The zero-order valence-corrected chi connectivity index (χ0v) is 11.5. The van der Waals surface area contributed by atoms with Gasteiger partial charge in [0.15, 0.2) is 0 Å². The molecule has 2 aromatic rings. The SMILES string of the molecule is CN[C@@H](C)CS(=O)(=O)c1nnnn1-c1ccccc1. The van der Waals surface area contributed by atoms with Crippen LogP contribution in [0.15, 0.2) is 35.5 Å². The van der Waals surface area contributed by atoms with E-state index in [1.54, 1.807) is 38.2 Å². The molecule has 0 unspecified atom stereocenters. The minimum absolute atomic E-state index is 0.0588. The number of nitrogens with zero attached hydrogens (tertiary/aromatic N) is 4. The Morgan fingerprint density at radius 2 is 2.00 bits per heavy atom. The van der Waals surface area contributed by atoms with Crippen LogP contribution in [-0.4, -0.2) is 47.5 Å². The number of sulfone groups is 1. The molecule has 0 aliphatic heterocycles. The maximum atomic E-state index is 12.3. The molecule has 0 bridgehead atoms. The average Bonchev–Trinajstić information content (AvgIpc) is 2.89. The number of hydrogen-bond donors (Lipinski definition) is 1. The Labute approximate surface area is 111 Å². The molecule has 0 saturated carbocycles. The number of rotatable bonds is 5. The van der Waals surface area contributed by atoms with Gasteiger partial charge in [-0.3, -0.25) is 0 Å². The summed E-state index contributed by atoms with van der Waals surface area (Å²) in [7, 11) is -1.83. The van der Waals surface area contributed by atoms with Crippen molar-refractivity contribution in [3.05, 3.63) is 30.3 Å². The van der Waals surface area contributed by atoms with Crippen LogP contribution in [0.3, 0.4) is 0 Å². The summed E-state index contributed by atoms with van der Waals surface area (Å²) in [5.74, 6) is -0.0588. The molecular formula is C11H15N5O2S. The minimum atomic E-state index is -3.54. The minimum Gasteiger partial charge on any atom is -0.316 e. The summed E-state index contributed by atoms with van der Waals surface area (Å²) in [6, 6.07) is 8.75. The predicted molar refractivity (Wildman–Crippen MR) is 69.7 cm³/mol. The van der Waals surface area contributed by atoms with Gasteiger partial charge in [-0.05, 0) is 36.5 Å². The van der Waals surface area contributed by atoms with Crippen molar-refractivity contribution in [3.8, 4) is 5.69 Å². The van der Waals surface area contributed by atoms with Crippen LogP contribution in [0.4, 0.5) is 0 Å². The second kappa shape index (κ2) is 5.45. The normalized spacial score (nSPS) is 13.4. The number of aromatic nitrogens is 4. The Balaban J connectivity index is 2.40. The van der Waals surface area contributed by atoms with E-state index < -0.39 is 9.84 Å². The number of benzene rings is 1.